The van der Waals surface area contributed by atoms with E-state index in [9.17, 15) is 0 Å². The number of aromatic amines is 1. The molecule has 174 valence electrons. The van der Waals surface area contributed by atoms with Crippen molar-refractivity contribution in [2.24, 2.45) is 11.5 Å². The van der Waals surface area contributed by atoms with Gasteiger partial charge in [0.1, 0.15) is 11.5 Å². The summed E-state index contributed by atoms with van der Waals surface area (Å²) >= 11 is 0. The van der Waals surface area contributed by atoms with Crippen LogP contribution in [0, 0.1) is 13.8 Å². The monoisotopic (exact) mass is 460 g/mol. The maximum absolute atomic E-state index is 6.85. The fraction of sp³-hybridized carbons (Fsp3) is 0.138. The zero-order valence-corrected chi connectivity index (χ0v) is 19.9. The van der Waals surface area contributed by atoms with Gasteiger partial charge in [-0.25, -0.2) is 4.98 Å². The topological polar surface area (TPSA) is 111 Å². The van der Waals surface area contributed by atoms with Gasteiger partial charge in [0.05, 0.1) is 16.7 Å². The molecule has 0 aliphatic heterocycles. The third kappa shape index (κ3) is 3.15. The molecule has 3 heterocycles. The summed E-state index contributed by atoms with van der Waals surface area (Å²) in [5.74, 6) is 0.598. The highest BCUT2D eigenvalue weighted by Crippen LogP contribution is 2.44. The largest absolute Gasteiger partial charge is 0.384 e. The first-order valence-electron chi connectivity index (χ1n) is 11.8. The van der Waals surface area contributed by atoms with Gasteiger partial charge in [-0.2, -0.15) is 0 Å². The molecule has 0 bridgehead atoms. The quantitative estimate of drug-likeness (QED) is 0.281. The predicted molar refractivity (Wildman–Crippen MR) is 145 cm³/mol. The number of anilines is 1. The summed E-state index contributed by atoms with van der Waals surface area (Å²) in [5, 5.41) is 1.10. The van der Waals surface area contributed by atoms with E-state index in [2.05, 4.69) is 79.5 Å². The summed E-state index contributed by atoms with van der Waals surface area (Å²) in [6, 6.07) is 23.1. The van der Waals surface area contributed by atoms with Crippen molar-refractivity contribution in [3.63, 3.8) is 0 Å². The minimum atomic E-state index is 0.280. The first kappa shape index (κ1) is 21.4. The van der Waals surface area contributed by atoms with E-state index in [1.54, 1.807) is 0 Å². The van der Waals surface area contributed by atoms with Gasteiger partial charge in [-0.3, -0.25) is 4.40 Å². The molecule has 35 heavy (non-hydrogen) atoms. The Kier molecular flexibility index (Phi) is 4.88. The molecule has 0 amide bonds. The summed E-state index contributed by atoms with van der Waals surface area (Å²) in [6.45, 7) is 4.74. The molecule has 0 radical (unpaired) electrons. The van der Waals surface area contributed by atoms with Crippen LogP contribution in [0.3, 0.4) is 0 Å². The first-order valence-corrected chi connectivity index (χ1v) is 11.8. The van der Waals surface area contributed by atoms with Crippen LogP contribution < -0.4 is 17.2 Å². The van der Waals surface area contributed by atoms with E-state index in [4.69, 9.17) is 22.2 Å². The number of benzene rings is 3. The number of nitrogens with zero attached hydrogens (tertiary/aromatic N) is 2. The van der Waals surface area contributed by atoms with E-state index in [1.807, 2.05) is 10.5 Å². The van der Waals surface area contributed by atoms with Crippen LogP contribution in [-0.2, 0) is 13.1 Å². The molecule has 6 nitrogen and oxygen atoms in total. The molecule has 6 heteroatoms. The van der Waals surface area contributed by atoms with Crippen LogP contribution in [-0.4, -0.2) is 14.4 Å². The van der Waals surface area contributed by atoms with Gasteiger partial charge in [0.15, 0.2) is 0 Å². The van der Waals surface area contributed by atoms with Crippen molar-refractivity contribution in [2.45, 2.75) is 26.9 Å². The van der Waals surface area contributed by atoms with Crippen LogP contribution in [0.1, 0.15) is 22.3 Å². The lowest BCUT2D eigenvalue weighted by Crippen LogP contribution is -2.14. The minimum Gasteiger partial charge on any atom is -0.384 e. The third-order valence-corrected chi connectivity index (χ3v) is 6.94. The number of aromatic nitrogens is 3. The molecule has 3 aromatic heterocycles. The van der Waals surface area contributed by atoms with Crippen LogP contribution in [0.25, 0.3) is 50.0 Å². The van der Waals surface area contributed by atoms with Crippen LogP contribution in [0.4, 0.5) is 5.82 Å². The number of hydrogen-bond donors (Lipinski definition) is 4. The summed E-state index contributed by atoms with van der Waals surface area (Å²) in [7, 11) is 0. The second-order valence-electron chi connectivity index (χ2n) is 9.18. The Balaban J connectivity index is 1.80. The Morgan fingerprint density at radius 1 is 0.829 bits per heavy atom. The number of rotatable bonds is 4. The highest BCUT2D eigenvalue weighted by molar-refractivity contribution is 6.07. The average Bonchev–Trinajstić information content (AvgIpc) is 3.42. The zero-order chi connectivity index (χ0) is 24.3. The third-order valence-electron chi connectivity index (χ3n) is 6.94. The maximum Gasteiger partial charge on any atom is 0.144 e. The van der Waals surface area contributed by atoms with Gasteiger partial charge in [0, 0.05) is 46.2 Å². The van der Waals surface area contributed by atoms with Crippen molar-refractivity contribution < 1.29 is 0 Å². The van der Waals surface area contributed by atoms with Gasteiger partial charge < -0.3 is 22.2 Å². The lowest BCUT2D eigenvalue weighted by atomic mass is 9.91. The van der Waals surface area contributed by atoms with E-state index < -0.39 is 0 Å². The fourth-order valence-corrected chi connectivity index (χ4v) is 5.23. The molecule has 0 spiro atoms. The molecule has 6 aromatic rings. The van der Waals surface area contributed by atoms with Crippen LogP contribution >= 0.6 is 0 Å². The number of nitrogen functional groups attached to an aromatic ring is 1. The van der Waals surface area contributed by atoms with Gasteiger partial charge in [0.2, 0.25) is 0 Å². The highest BCUT2D eigenvalue weighted by Gasteiger charge is 2.25. The lowest BCUT2D eigenvalue weighted by Gasteiger charge is -2.19. The van der Waals surface area contributed by atoms with Gasteiger partial charge in [-0.1, -0.05) is 54.1 Å². The number of aryl methyl sites for hydroxylation is 2. The Hall–Kier alpha value is -4.13. The standard InChI is InChI=1S/C29H28N6/c1-16-7-10-18(11-8-16)27-26(19-5-3-4-6-22(19)33-27)25-20(14-30)28(32)35-24-12-9-17(2)13-23(24)34-29(35)21(25)15-31/h3-13,33H,14-15,30-32H2,1-2H3. The molecule has 0 saturated heterocycles. The van der Waals surface area contributed by atoms with Crippen LogP contribution in [0.2, 0.25) is 0 Å². The number of fused-ring (bicyclic) bond motifs is 4. The molecule has 0 aliphatic carbocycles. The van der Waals surface area contributed by atoms with Crippen molar-refractivity contribution in [1.29, 1.82) is 0 Å². The Bertz CT molecular complexity index is 1740. The average molecular weight is 461 g/mol. The summed E-state index contributed by atoms with van der Waals surface area (Å²) in [6.07, 6.45) is 0. The first-order chi connectivity index (χ1) is 17.0. The molecular formula is C29H28N6. The van der Waals surface area contributed by atoms with Crippen LogP contribution in [0.15, 0.2) is 66.7 Å². The molecule has 0 aliphatic rings. The smallest absolute Gasteiger partial charge is 0.144 e. The fourth-order valence-electron chi connectivity index (χ4n) is 5.23. The molecule has 0 unspecified atom stereocenters. The normalized spacial score (nSPS) is 11.8. The molecule has 0 fully saturated rings. The van der Waals surface area contributed by atoms with E-state index in [0.29, 0.717) is 12.4 Å². The maximum atomic E-state index is 6.85. The second-order valence-corrected chi connectivity index (χ2v) is 9.18. The highest BCUT2D eigenvalue weighted by atomic mass is 15.1. The minimum absolute atomic E-state index is 0.280. The Labute approximate surface area is 203 Å². The molecule has 3 aromatic carbocycles. The van der Waals surface area contributed by atoms with Crippen molar-refractivity contribution in [2.75, 3.05) is 5.73 Å². The number of nitrogens with two attached hydrogens (primary N) is 3. The van der Waals surface area contributed by atoms with Crippen molar-refractivity contribution >= 4 is 33.4 Å². The number of nitrogens with one attached hydrogen (secondary N) is 1. The van der Waals surface area contributed by atoms with Gasteiger partial charge in [-0.15, -0.1) is 0 Å². The van der Waals surface area contributed by atoms with Crippen molar-refractivity contribution in [3.8, 4) is 22.4 Å². The second kappa shape index (κ2) is 7.98. The lowest BCUT2D eigenvalue weighted by molar-refractivity contribution is 1.00. The Morgan fingerprint density at radius 2 is 1.54 bits per heavy atom. The van der Waals surface area contributed by atoms with E-state index in [1.165, 1.54) is 5.56 Å². The number of pyridine rings is 1. The number of H-pyrrole nitrogens is 1. The molecule has 7 N–H and O–H groups in total. The van der Waals surface area contributed by atoms with E-state index in [0.717, 1.165) is 66.7 Å². The van der Waals surface area contributed by atoms with Gasteiger partial charge >= 0.3 is 0 Å². The van der Waals surface area contributed by atoms with Crippen molar-refractivity contribution in [3.05, 3.63) is 89.0 Å². The molecule has 6 rings (SSSR count). The molecule has 0 atom stereocenters. The number of hydrogen-bond acceptors (Lipinski definition) is 4. The molecule has 0 saturated carbocycles. The summed E-state index contributed by atoms with van der Waals surface area (Å²) in [4.78, 5) is 8.65. The number of imidazole rings is 1. The summed E-state index contributed by atoms with van der Waals surface area (Å²) in [5.41, 5.74) is 31.7. The number of para-hydroxylation sites is 1. The predicted octanol–water partition coefficient (Wildman–Crippen LogP) is 5.42. The van der Waals surface area contributed by atoms with E-state index in [-0.39, 0.29) is 6.54 Å². The van der Waals surface area contributed by atoms with E-state index >= 15 is 0 Å². The summed E-state index contributed by atoms with van der Waals surface area (Å²) < 4.78 is 2.00. The SMILES string of the molecule is Cc1ccc(-c2[nH]c3ccccc3c2-c2c(CN)c(N)n3c(nc4cc(C)ccc43)c2CN)cc1. The van der Waals surface area contributed by atoms with Gasteiger partial charge in [0.25, 0.3) is 0 Å². The van der Waals surface area contributed by atoms with Crippen LogP contribution in [0.5, 0.6) is 0 Å². The Morgan fingerprint density at radius 3 is 2.29 bits per heavy atom. The van der Waals surface area contributed by atoms with Crippen molar-refractivity contribution in [1.82, 2.24) is 14.4 Å². The zero-order valence-electron chi connectivity index (χ0n) is 19.9. The van der Waals surface area contributed by atoms with Gasteiger partial charge in [-0.05, 0) is 43.2 Å². The molecular weight excluding hydrogens is 432 g/mol.